The summed E-state index contributed by atoms with van der Waals surface area (Å²) in [6, 6.07) is 7.42. The Morgan fingerprint density at radius 2 is 1.94 bits per heavy atom. The van der Waals surface area contributed by atoms with Crippen LogP contribution < -0.4 is 5.73 Å². The van der Waals surface area contributed by atoms with Crippen molar-refractivity contribution in [2.75, 3.05) is 0 Å². The zero-order valence-electron chi connectivity index (χ0n) is 10.3. The predicted molar refractivity (Wildman–Crippen MR) is 69.7 cm³/mol. The van der Waals surface area contributed by atoms with Gasteiger partial charge in [0.15, 0.2) is 0 Å². The van der Waals surface area contributed by atoms with E-state index in [1.54, 1.807) is 11.1 Å². The highest BCUT2D eigenvalue weighted by Crippen LogP contribution is 2.22. The van der Waals surface area contributed by atoms with Crippen LogP contribution in [-0.2, 0) is 19.3 Å². The summed E-state index contributed by atoms with van der Waals surface area (Å²) in [6.45, 7) is 2.16. The van der Waals surface area contributed by atoms with Crippen LogP contribution in [0.15, 0.2) is 18.2 Å². The highest BCUT2D eigenvalue weighted by molar-refractivity contribution is 5.33. The van der Waals surface area contributed by atoms with Crippen molar-refractivity contribution in [2.45, 2.75) is 57.9 Å². The molecule has 1 aromatic carbocycles. The zero-order valence-corrected chi connectivity index (χ0v) is 10.3. The number of hydrogen-bond donors (Lipinski definition) is 1. The molecule has 0 spiro atoms. The number of benzene rings is 1. The standard InChI is InChI=1S/C15H23N/c1-2-15(16)10-8-12-7-9-13-5-3-4-6-14(13)11-12/h7,9,11,15H,2-6,8,10,16H2,1H3. The van der Waals surface area contributed by atoms with Gasteiger partial charge in [0.25, 0.3) is 0 Å². The van der Waals surface area contributed by atoms with Gasteiger partial charge in [-0.3, -0.25) is 0 Å². The maximum absolute atomic E-state index is 5.96. The van der Waals surface area contributed by atoms with Gasteiger partial charge in [0, 0.05) is 6.04 Å². The Balaban J connectivity index is 2.00. The van der Waals surface area contributed by atoms with Crippen LogP contribution in [0.3, 0.4) is 0 Å². The van der Waals surface area contributed by atoms with Gasteiger partial charge in [-0.1, -0.05) is 25.1 Å². The molecule has 1 aliphatic rings. The van der Waals surface area contributed by atoms with Crippen LogP contribution >= 0.6 is 0 Å². The summed E-state index contributed by atoms with van der Waals surface area (Å²) in [7, 11) is 0. The fourth-order valence-corrected chi connectivity index (χ4v) is 2.50. The summed E-state index contributed by atoms with van der Waals surface area (Å²) in [4.78, 5) is 0. The molecule has 2 N–H and O–H groups in total. The van der Waals surface area contributed by atoms with Crippen molar-refractivity contribution in [1.29, 1.82) is 0 Å². The SMILES string of the molecule is CCC(N)CCc1ccc2c(c1)CCCC2. The Labute approximate surface area is 99.0 Å². The molecule has 0 amide bonds. The molecule has 0 saturated carbocycles. The minimum Gasteiger partial charge on any atom is -0.328 e. The number of fused-ring (bicyclic) bond motifs is 1. The Kier molecular flexibility index (Phi) is 4.00. The van der Waals surface area contributed by atoms with Gasteiger partial charge in [-0.2, -0.15) is 0 Å². The quantitative estimate of drug-likeness (QED) is 0.823. The molecule has 1 heteroatoms. The van der Waals surface area contributed by atoms with Crippen molar-refractivity contribution in [3.8, 4) is 0 Å². The minimum absolute atomic E-state index is 0.371. The first kappa shape index (κ1) is 11.7. The molecular formula is C15H23N. The van der Waals surface area contributed by atoms with Gasteiger partial charge in [0.1, 0.15) is 0 Å². The topological polar surface area (TPSA) is 26.0 Å². The summed E-state index contributed by atoms with van der Waals surface area (Å²) in [5.41, 5.74) is 10.6. The predicted octanol–water partition coefficient (Wildman–Crippen LogP) is 3.24. The lowest BCUT2D eigenvalue weighted by molar-refractivity contribution is 0.595. The summed E-state index contributed by atoms with van der Waals surface area (Å²) in [6.07, 6.45) is 8.65. The summed E-state index contributed by atoms with van der Waals surface area (Å²) in [5.74, 6) is 0. The van der Waals surface area contributed by atoms with Crippen LogP contribution in [0.2, 0.25) is 0 Å². The van der Waals surface area contributed by atoms with Crippen molar-refractivity contribution in [1.82, 2.24) is 0 Å². The van der Waals surface area contributed by atoms with E-state index in [2.05, 4.69) is 25.1 Å². The molecule has 1 unspecified atom stereocenters. The molecule has 1 aromatic rings. The highest BCUT2D eigenvalue weighted by Gasteiger charge is 2.09. The Bertz CT molecular complexity index is 343. The van der Waals surface area contributed by atoms with Gasteiger partial charge < -0.3 is 5.73 Å². The molecule has 0 saturated heterocycles. The lowest BCUT2D eigenvalue weighted by Crippen LogP contribution is -2.19. The van der Waals surface area contributed by atoms with Gasteiger partial charge in [0.2, 0.25) is 0 Å². The van der Waals surface area contributed by atoms with Crippen molar-refractivity contribution >= 4 is 0 Å². The average Bonchev–Trinajstić information content (AvgIpc) is 2.35. The minimum atomic E-state index is 0.371. The molecule has 0 fully saturated rings. The molecule has 0 radical (unpaired) electrons. The summed E-state index contributed by atoms with van der Waals surface area (Å²) >= 11 is 0. The van der Waals surface area contributed by atoms with E-state index in [9.17, 15) is 0 Å². The lowest BCUT2D eigenvalue weighted by atomic mass is 9.89. The van der Waals surface area contributed by atoms with Gasteiger partial charge in [-0.25, -0.2) is 0 Å². The summed E-state index contributed by atoms with van der Waals surface area (Å²) < 4.78 is 0. The first-order valence-electron chi connectivity index (χ1n) is 6.66. The van der Waals surface area contributed by atoms with E-state index in [1.807, 2.05) is 0 Å². The second kappa shape index (κ2) is 5.49. The van der Waals surface area contributed by atoms with E-state index in [-0.39, 0.29) is 0 Å². The van der Waals surface area contributed by atoms with E-state index in [0.717, 1.165) is 19.3 Å². The van der Waals surface area contributed by atoms with Gasteiger partial charge in [0.05, 0.1) is 0 Å². The second-order valence-corrected chi connectivity index (χ2v) is 5.02. The molecule has 1 aliphatic carbocycles. The fourth-order valence-electron chi connectivity index (χ4n) is 2.50. The van der Waals surface area contributed by atoms with Crippen molar-refractivity contribution in [3.63, 3.8) is 0 Å². The van der Waals surface area contributed by atoms with Gasteiger partial charge >= 0.3 is 0 Å². The Morgan fingerprint density at radius 3 is 2.69 bits per heavy atom. The molecule has 88 valence electrons. The molecule has 0 heterocycles. The molecular weight excluding hydrogens is 194 g/mol. The number of rotatable bonds is 4. The van der Waals surface area contributed by atoms with E-state index in [0.29, 0.717) is 6.04 Å². The maximum atomic E-state index is 5.96. The average molecular weight is 217 g/mol. The Morgan fingerprint density at radius 1 is 1.19 bits per heavy atom. The second-order valence-electron chi connectivity index (χ2n) is 5.02. The van der Waals surface area contributed by atoms with E-state index in [4.69, 9.17) is 5.73 Å². The largest absolute Gasteiger partial charge is 0.328 e. The van der Waals surface area contributed by atoms with Gasteiger partial charge in [-0.15, -0.1) is 0 Å². The number of nitrogens with two attached hydrogens (primary N) is 1. The van der Waals surface area contributed by atoms with E-state index in [1.165, 1.54) is 31.2 Å². The normalized spacial score (nSPS) is 16.9. The molecule has 1 atom stereocenters. The van der Waals surface area contributed by atoms with Crippen LogP contribution in [0.5, 0.6) is 0 Å². The van der Waals surface area contributed by atoms with Crippen LogP contribution in [0.25, 0.3) is 0 Å². The third-order valence-electron chi connectivity index (χ3n) is 3.74. The monoisotopic (exact) mass is 217 g/mol. The molecule has 2 rings (SSSR count). The van der Waals surface area contributed by atoms with Crippen molar-refractivity contribution in [3.05, 3.63) is 34.9 Å². The van der Waals surface area contributed by atoms with Crippen molar-refractivity contribution in [2.24, 2.45) is 5.73 Å². The van der Waals surface area contributed by atoms with E-state index >= 15 is 0 Å². The van der Waals surface area contributed by atoms with E-state index < -0.39 is 0 Å². The molecule has 0 bridgehead atoms. The third-order valence-corrected chi connectivity index (χ3v) is 3.74. The summed E-state index contributed by atoms with van der Waals surface area (Å²) in [5, 5.41) is 0. The molecule has 0 aromatic heterocycles. The smallest absolute Gasteiger partial charge is 0.00393 e. The Hall–Kier alpha value is -0.820. The maximum Gasteiger partial charge on any atom is 0.00393 e. The lowest BCUT2D eigenvalue weighted by Gasteiger charge is -2.17. The zero-order chi connectivity index (χ0) is 11.4. The first-order chi connectivity index (χ1) is 7.79. The van der Waals surface area contributed by atoms with Gasteiger partial charge in [-0.05, 0) is 61.6 Å². The first-order valence-corrected chi connectivity index (χ1v) is 6.66. The number of hydrogen-bond acceptors (Lipinski definition) is 1. The molecule has 16 heavy (non-hydrogen) atoms. The van der Waals surface area contributed by atoms with Crippen LogP contribution in [-0.4, -0.2) is 6.04 Å². The fraction of sp³-hybridized carbons (Fsp3) is 0.600. The van der Waals surface area contributed by atoms with Crippen LogP contribution in [0.1, 0.15) is 49.3 Å². The molecule has 0 aliphatic heterocycles. The third kappa shape index (κ3) is 2.85. The number of aryl methyl sites for hydroxylation is 3. The van der Waals surface area contributed by atoms with Crippen LogP contribution in [0, 0.1) is 0 Å². The highest BCUT2D eigenvalue weighted by atomic mass is 14.6. The van der Waals surface area contributed by atoms with Crippen molar-refractivity contribution < 1.29 is 0 Å². The van der Waals surface area contributed by atoms with Crippen LogP contribution in [0.4, 0.5) is 0 Å². The molecule has 1 nitrogen and oxygen atoms in total.